The first-order chi connectivity index (χ1) is 8.63. The van der Waals surface area contributed by atoms with Gasteiger partial charge in [-0.1, -0.05) is 37.7 Å². The van der Waals surface area contributed by atoms with E-state index in [1.807, 2.05) is 24.3 Å². The molecule has 2 atom stereocenters. The Balaban J connectivity index is 1.91. The van der Waals surface area contributed by atoms with Gasteiger partial charge in [0.1, 0.15) is 5.75 Å². The molecule has 1 fully saturated rings. The standard InChI is InChI=1S/C15H21NOS/c1-11-3-2-4-14(9-11)17-13-7-5-12(6-8-13)10-15(16)18/h5-8,11,14H,2-4,9-10H2,1H3,(H2,16,18). The Kier molecular flexibility index (Phi) is 4.59. The molecule has 0 radical (unpaired) electrons. The highest BCUT2D eigenvalue weighted by molar-refractivity contribution is 7.80. The van der Waals surface area contributed by atoms with Crippen molar-refractivity contribution in [3.63, 3.8) is 0 Å². The average molecular weight is 263 g/mol. The minimum Gasteiger partial charge on any atom is -0.490 e. The second-order valence-electron chi connectivity index (χ2n) is 5.30. The van der Waals surface area contributed by atoms with Crippen LogP contribution in [0, 0.1) is 5.92 Å². The van der Waals surface area contributed by atoms with Gasteiger partial charge in [0.2, 0.25) is 0 Å². The normalized spacial score (nSPS) is 23.6. The lowest BCUT2D eigenvalue weighted by Gasteiger charge is -2.27. The van der Waals surface area contributed by atoms with Gasteiger partial charge in [0.05, 0.1) is 11.1 Å². The molecule has 0 heterocycles. The van der Waals surface area contributed by atoms with Crippen molar-refractivity contribution in [3.8, 4) is 5.75 Å². The van der Waals surface area contributed by atoms with E-state index < -0.39 is 0 Å². The number of hydrogen-bond donors (Lipinski definition) is 1. The van der Waals surface area contributed by atoms with E-state index in [1.165, 1.54) is 25.7 Å². The van der Waals surface area contributed by atoms with Gasteiger partial charge in [0.15, 0.2) is 0 Å². The van der Waals surface area contributed by atoms with Gasteiger partial charge in [0, 0.05) is 6.42 Å². The molecule has 0 aliphatic heterocycles. The first-order valence-corrected chi connectivity index (χ1v) is 7.08. The predicted molar refractivity (Wildman–Crippen MR) is 79.0 cm³/mol. The van der Waals surface area contributed by atoms with E-state index in [-0.39, 0.29) is 0 Å². The summed E-state index contributed by atoms with van der Waals surface area (Å²) >= 11 is 4.90. The average Bonchev–Trinajstić information content (AvgIpc) is 2.31. The van der Waals surface area contributed by atoms with Gasteiger partial charge in [-0.15, -0.1) is 0 Å². The van der Waals surface area contributed by atoms with Crippen molar-refractivity contribution in [1.82, 2.24) is 0 Å². The molecule has 2 unspecified atom stereocenters. The Labute approximate surface area is 115 Å². The molecule has 1 aliphatic rings. The van der Waals surface area contributed by atoms with Crippen molar-refractivity contribution < 1.29 is 4.74 Å². The Morgan fingerprint density at radius 2 is 2.06 bits per heavy atom. The first-order valence-electron chi connectivity index (χ1n) is 6.67. The summed E-state index contributed by atoms with van der Waals surface area (Å²) in [5.41, 5.74) is 6.67. The summed E-state index contributed by atoms with van der Waals surface area (Å²) < 4.78 is 6.02. The summed E-state index contributed by atoms with van der Waals surface area (Å²) in [5, 5.41) is 0. The van der Waals surface area contributed by atoms with Crippen LogP contribution in [0.1, 0.15) is 38.2 Å². The highest BCUT2D eigenvalue weighted by atomic mass is 32.1. The summed E-state index contributed by atoms with van der Waals surface area (Å²) in [6.07, 6.45) is 6.03. The van der Waals surface area contributed by atoms with Gasteiger partial charge in [-0.05, 0) is 42.9 Å². The number of ether oxygens (including phenoxy) is 1. The molecule has 0 spiro atoms. The molecule has 2 nitrogen and oxygen atoms in total. The molecule has 1 aliphatic carbocycles. The van der Waals surface area contributed by atoms with Crippen molar-refractivity contribution in [2.24, 2.45) is 11.7 Å². The zero-order chi connectivity index (χ0) is 13.0. The fourth-order valence-electron chi connectivity index (χ4n) is 2.57. The smallest absolute Gasteiger partial charge is 0.119 e. The third-order valence-electron chi connectivity index (χ3n) is 3.49. The quantitative estimate of drug-likeness (QED) is 0.845. The van der Waals surface area contributed by atoms with Crippen LogP contribution in [0.4, 0.5) is 0 Å². The zero-order valence-corrected chi connectivity index (χ0v) is 11.7. The molecule has 18 heavy (non-hydrogen) atoms. The van der Waals surface area contributed by atoms with E-state index in [0.29, 0.717) is 17.5 Å². The molecule has 0 bridgehead atoms. The Hall–Kier alpha value is -1.09. The van der Waals surface area contributed by atoms with Crippen LogP contribution in [-0.4, -0.2) is 11.1 Å². The van der Waals surface area contributed by atoms with E-state index in [9.17, 15) is 0 Å². The first kappa shape index (κ1) is 13.3. The molecule has 2 rings (SSSR count). The van der Waals surface area contributed by atoms with E-state index in [2.05, 4.69) is 6.92 Å². The van der Waals surface area contributed by atoms with Gasteiger partial charge >= 0.3 is 0 Å². The number of thiocarbonyl (C=S) groups is 1. The Morgan fingerprint density at radius 1 is 1.33 bits per heavy atom. The van der Waals surface area contributed by atoms with Crippen LogP contribution in [0.2, 0.25) is 0 Å². The molecule has 1 aromatic rings. The van der Waals surface area contributed by atoms with Crippen LogP contribution in [0.15, 0.2) is 24.3 Å². The Morgan fingerprint density at radius 3 is 2.67 bits per heavy atom. The second-order valence-corrected chi connectivity index (χ2v) is 5.82. The highest BCUT2D eigenvalue weighted by Crippen LogP contribution is 2.27. The van der Waals surface area contributed by atoms with Crippen LogP contribution in [0.25, 0.3) is 0 Å². The van der Waals surface area contributed by atoms with E-state index >= 15 is 0 Å². The lowest BCUT2D eigenvalue weighted by molar-refractivity contribution is 0.129. The number of benzene rings is 1. The van der Waals surface area contributed by atoms with E-state index in [0.717, 1.165) is 17.2 Å². The molecular formula is C15H21NOS. The highest BCUT2D eigenvalue weighted by Gasteiger charge is 2.20. The minimum absolute atomic E-state index is 0.384. The van der Waals surface area contributed by atoms with E-state index in [1.54, 1.807) is 0 Å². The van der Waals surface area contributed by atoms with E-state index in [4.69, 9.17) is 22.7 Å². The monoisotopic (exact) mass is 263 g/mol. The summed E-state index contributed by atoms with van der Waals surface area (Å²) in [6.45, 7) is 2.31. The maximum atomic E-state index is 6.02. The molecular weight excluding hydrogens is 242 g/mol. The molecule has 1 saturated carbocycles. The lowest BCUT2D eigenvalue weighted by Crippen LogP contribution is -2.24. The van der Waals surface area contributed by atoms with Crippen LogP contribution >= 0.6 is 12.2 Å². The van der Waals surface area contributed by atoms with Crippen molar-refractivity contribution in [3.05, 3.63) is 29.8 Å². The molecule has 0 aromatic heterocycles. The van der Waals surface area contributed by atoms with Crippen LogP contribution < -0.4 is 10.5 Å². The van der Waals surface area contributed by atoms with Crippen molar-refractivity contribution in [1.29, 1.82) is 0 Å². The SMILES string of the molecule is CC1CCCC(Oc2ccc(CC(N)=S)cc2)C1. The fraction of sp³-hybridized carbons (Fsp3) is 0.533. The largest absolute Gasteiger partial charge is 0.490 e. The maximum absolute atomic E-state index is 6.02. The van der Waals surface area contributed by atoms with Crippen molar-refractivity contribution in [2.75, 3.05) is 0 Å². The maximum Gasteiger partial charge on any atom is 0.119 e. The van der Waals surface area contributed by atoms with Crippen LogP contribution in [0.3, 0.4) is 0 Å². The number of nitrogens with two attached hydrogens (primary N) is 1. The van der Waals surface area contributed by atoms with Gasteiger partial charge in [-0.3, -0.25) is 0 Å². The molecule has 0 saturated heterocycles. The third-order valence-corrected chi connectivity index (χ3v) is 3.64. The summed E-state index contributed by atoms with van der Waals surface area (Å²) in [4.78, 5) is 0.532. The predicted octanol–water partition coefficient (Wildman–Crippen LogP) is 3.47. The fourth-order valence-corrected chi connectivity index (χ4v) is 2.73. The number of rotatable bonds is 4. The van der Waals surface area contributed by atoms with Gasteiger partial charge in [-0.25, -0.2) is 0 Å². The van der Waals surface area contributed by atoms with Gasteiger partial charge in [0.25, 0.3) is 0 Å². The third kappa shape index (κ3) is 3.98. The van der Waals surface area contributed by atoms with Crippen molar-refractivity contribution in [2.45, 2.75) is 45.1 Å². The summed E-state index contributed by atoms with van der Waals surface area (Å²) in [5.74, 6) is 1.75. The minimum atomic E-state index is 0.384. The summed E-state index contributed by atoms with van der Waals surface area (Å²) in [6, 6.07) is 8.13. The topological polar surface area (TPSA) is 35.2 Å². The van der Waals surface area contributed by atoms with Gasteiger partial charge in [-0.2, -0.15) is 0 Å². The zero-order valence-electron chi connectivity index (χ0n) is 10.9. The van der Waals surface area contributed by atoms with Crippen LogP contribution in [0.5, 0.6) is 5.75 Å². The second kappa shape index (κ2) is 6.19. The molecule has 0 amide bonds. The summed E-state index contributed by atoms with van der Waals surface area (Å²) in [7, 11) is 0. The lowest BCUT2D eigenvalue weighted by atomic mass is 9.89. The van der Waals surface area contributed by atoms with Crippen molar-refractivity contribution >= 4 is 17.2 Å². The van der Waals surface area contributed by atoms with Gasteiger partial charge < -0.3 is 10.5 Å². The molecule has 1 aromatic carbocycles. The molecule has 98 valence electrons. The number of hydrogen-bond acceptors (Lipinski definition) is 2. The van der Waals surface area contributed by atoms with Crippen LogP contribution in [-0.2, 0) is 6.42 Å². The molecule has 2 N–H and O–H groups in total. The Bertz CT molecular complexity index is 401. The molecule has 3 heteroatoms.